The van der Waals surface area contributed by atoms with Gasteiger partial charge in [0.05, 0.1) is 6.42 Å². The predicted molar refractivity (Wildman–Crippen MR) is 82.2 cm³/mol. The Bertz CT molecular complexity index is 517. The smallest absolute Gasteiger partial charge is 0.227 e. The fraction of sp³-hybridized carbons (Fsp3) is 0.588. The van der Waals surface area contributed by atoms with Gasteiger partial charge in [-0.3, -0.25) is 9.69 Å². The van der Waals surface area contributed by atoms with Crippen molar-refractivity contribution in [1.82, 2.24) is 9.80 Å². The number of aromatic hydroxyl groups is 1. The van der Waals surface area contributed by atoms with Crippen LogP contribution in [0.5, 0.6) is 5.75 Å². The van der Waals surface area contributed by atoms with E-state index in [2.05, 4.69) is 11.8 Å². The monoisotopic (exact) mass is 288 g/mol. The third-order valence-electron chi connectivity index (χ3n) is 4.77. The first-order valence-electron chi connectivity index (χ1n) is 7.95. The summed E-state index contributed by atoms with van der Waals surface area (Å²) in [6.45, 7) is 5.18. The number of piperidine rings is 1. The molecule has 2 aliphatic rings. The van der Waals surface area contributed by atoms with Crippen molar-refractivity contribution in [3.63, 3.8) is 0 Å². The Balaban J connectivity index is 1.66. The molecule has 21 heavy (non-hydrogen) atoms. The van der Waals surface area contributed by atoms with Gasteiger partial charge in [-0.05, 0) is 44.0 Å². The van der Waals surface area contributed by atoms with Gasteiger partial charge in [0.25, 0.3) is 0 Å². The highest BCUT2D eigenvalue weighted by molar-refractivity contribution is 5.79. The first kappa shape index (κ1) is 14.4. The summed E-state index contributed by atoms with van der Waals surface area (Å²) in [6.07, 6.45) is 4.17. The lowest BCUT2D eigenvalue weighted by Crippen LogP contribution is -2.60. The van der Waals surface area contributed by atoms with Gasteiger partial charge in [-0.2, -0.15) is 0 Å². The number of carbonyl (C=O) groups excluding carboxylic acids is 1. The molecule has 0 spiro atoms. The van der Waals surface area contributed by atoms with E-state index >= 15 is 0 Å². The van der Waals surface area contributed by atoms with Crippen molar-refractivity contribution in [2.75, 3.05) is 19.6 Å². The fourth-order valence-corrected chi connectivity index (χ4v) is 3.64. The molecule has 1 N–H and O–H groups in total. The molecule has 1 amide bonds. The van der Waals surface area contributed by atoms with E-state index in [-0.39, 0.29) is 17.7 Å². The summed E-state index contributed by atoms with van der Waals surface area (Å²) < 4.78 is 0. The number of nitrogens with zero attached hydrogens (tertiary/aromatic N) is 2. The maximum Gasteiger partial charge on any atom is 0.227 e. The van der Waals surface area contributed by atoms with Crippen molar-refractivity contribution in [2.45, 2.75) is 44.7 Å². The Kier molecular flexibility index (Phi) is 4.15. The number of hydrogen-bond acceptors (Lipinski definition) is 3. The molecular weight excluding hydrogens is 264 g/mol. The number of carbonyl (C=O) groups is 1. The van der Waals surface area contributed by atoms with Crippen LogP contribution < -0.4 is 0 Å². The van der Waals surface area contributed by atoms with E-state index < -0.39 is 0 Å². The topological polar surface area (TPSA) is 43.8 Å². The number of hydrogen-bond donors (Lipinski definition) is 1. The van der Waals surface area contributed by atoms with Gasteiger partial charge in [0.2, 0.25) is 5.91 Å². The van der Waals surface area contributed by atoms with E-state index in [1.54, 1.807) is 18.2 Å². The lowest BCUT2D eigenvalue weighted by Gasteiger charge is -2.47. The zero-order valence-electron chi connectivity index (χ0n) is 12.7. The van der Waals surface area contributed by atoms with E-state index in [1.807, 2.05) is 11.0 Å². The van der Waals surface area contributed by atoms with Crippen LogP contribution in [0.1, 0.15) is 31.7 Å². The summed E-state index contributed by atoms with van der Waals surface area (Å²) in [5.74, 6) is 0.406. The van der Waals surface area contributed by atoms with Crippen LogP contribution in [0.25, 0.3) is 0 Å². The van der Waals surface area contributed by atoms with Crippen molar-refractivity contribution in [3.8, 4) is 5.75 Å². The average molecular weight is 288 g/mol. The molecule has 2 saturated heterocycles. The lowest BCUT2D eigenvalue weighted by atomic mass is 9.96. The van der Waals surface area contributed by atoms with Gasteiger partial charge in [-0.15, -0.1) is 0 Å². The molecule has 0 radical (unpaired) electrons. The minimum Gasteiger partial charge on any atom is -0.508 e. The number of fused-ring (bicyclic) bond motifs is 1. The molecule has 2 aliphatic heterocycles. The largest absolute Gasteiger partial charge is 0.508 e. The summed E-state index contributed by atoms with van der Waals surface area (Å²) in [6, 6.07) is 7.84. The third kappa shape index (κ3) is 3.21. The molecule has 1 aromatic carbocycles. The Morgan fingerprint density at radius 2 is 2.19 bits per heavy atom. The van der Waals surface area contributed by atoms with Gasteiger partial charge in [0.15, 0.2) is 0 Å². The average Bonchev–Trinajstić information content (AvgIpc) is 2.46. The second-order valence-electron chi connectivity index (χ2n) is 6.39. The zero-order valence-corrected chi connectivity index (χ0v) is 12.7. The summed E-state index contributed by atoms with van der Waals surface area (Å²) in [5.41, 5.74) is 0.887. The van der Waals surface area contributed by atoms with E-state index in [0.717, 1.165) is 18.7 Å². The minimum atomic E-state index is 0.179. The predicted octanol–water partition coefficient (Wildman–Crippen LogP) is 2.02. The van der Waals surface area contributed by atoms with Crippen LogP contribution in [-0.4, -0.2) is 52.5 Å². The van der Waals surface area contributed by atoms with Crippen LogP contribution >= 0.6 is 0 Å². The SMILES string of the molecule is CC1CN2CCCCC2CN1C(=O)Cc1cccc(O)c1. The molecule has 0 saturated carbocycles. The van der Waals surface area contributed by atoms with Crippen LogP contribution in [0.4, 0.5) is 0 Å². The van der Waals surface area contributed by atoms with Crippen LogP contribution in [0.15, 0.2) is 24.3 Å². The maximum absolute atomic E-state index is 12.6. The number of phenolic OH excluding ortho intramolecular Hbond substituents is 1. The Hall–Kier alpha value is -1.55. The zero-order chi connectivity index (χ0) is 14.8. The van der Waals surface area contributed by atoms with Crippen molar-refractivity contribution >= 4 is 5.91 Å². The summed E-state index contributed by atoms with van der Waals surface area (Å²) in [5, 5.41) is 9.51. The van der Waals surface area contributed by atoms with Gasteiger partial charge < -0.3 is 10.0 Å². The standard InChI is InChI=1S/C17H24N2O2/c1-13-11-18-8-3-2-6-15(18)12-19(13)17(21)10-14-5-4-7-16(20)9-14/h4-5,7,9,13,15,20H,2-3,6,8,10-12H2,1H3. The summed E-state index contributed by atoms with van der Waals surface area (Å²) >= 11 is 0. The van der Waals surface area contributed by atoms with Crippen LogP contribution in [0.2, 0.25) is 0 Å². The first-order chi connectivity index (χ1) is 10.1. The fourth-order valence-electron chi connectivity index (χ4n) is 3.64. The quantitative estimate of drug-likeness (QED) is 0.905. The Morgan fingerprint density at radius 3 is 3.00 bits per heavy atom. The molecule has 2 heterocycles. The van der Waals surface area contributed by atoms with Crippen molar-refractivity contribution < 1.29 is 9.90 Å². The molecule has 114 valence electrons. The van der Waals surface area contributed by atoms with Gasteiger partial charge in [-0.25, -0.2) is 0 Å². The number of phenols is 1. The van der Waals surface area contributed by atoms with Crippen molar-refractivity contribution in [1.29, 1.82) is 0 Å². The number of benzene rings is 1. The highest BCUT2D eigenvalue weighted by atomic mass is 16.3. The molecule has 2 unspecified atom stereocenters. The second-order valence-corrected chi connectivity index (χ2v) is 6.39. The summed E-state index contributed by atoms with van der Waals surface area (Å²) in [7, 11) is 0. The van der Waals surface area contributed by atoms with Crippen molar-refractivity contribution in [2.24, 2.45) is 0 Å². The number of amides is 1. The van der Waals surface area contributed by atoms with Gasteiger partial charge in [-0.1, -0.05) is 18.6 Å². The summed E-state index contributed by atoms with van der Waals surface area (Å²) in [4.78, 5) is 17.2. The van der Waals surface area contributed by atoms with E-state index in [4.69, 9.17) is 0 Å². The maximum atomic E-state index is 12.6. The van der Waals surface area contributed by atoms with Crippen LogP contribution in [0.3, 0.4) is 0 Å². The molecule has 4 heteroatoms. The molecule has 1 aromatic rings. The molecule has 4 nitrogen and oxygen atoms in total. The molecule has 0 bridgehead atoms. The normalized spacial score (nSPS) is 26.4. The van der Waals surface area contributed by atoms with E-state index in [1.165, 1.54) is 25.8 Å². The molecule has 2 atom stereocenters. The molecular formula is C17H24N2O2. The molecule has 0 aromatic heterocycles. The van der Waals surface area contributed by atoms with Gasteiger partial charge >= 0.3 is 0 Å². The van der Waals surface area contributed by atoms with Gasteiger partial charge in [0.1, 0.15) is 5.75 Å². The number of piperazine rings is 1. The van der Waals surface area contributed by atoms with Gasteiger partial charge in [0, 0.05) is 25.2 Å². The van der Waals surface area contributed by atoms with E-state index in [9.17, 15) is 9.90 Å². The van der Waals surface area contributed by atoms with Crippen LogP contribution in [-0.2, 0) is 11.2 Å². The second kappa shape index (κ2) is 6.06. The minimum absolute atomic E-state index is 0.179. The Morgan fingerprint density at radius 1 is 1.33 bits per heavy atom. The van der Waals surface area contributed by atoms with Crippen molar-refractivity contribution in [3.05, 3.63) is 29.8 Å². The highest BCUT2D eigenvalue weighted by Gasteiger charge is 2.34. The third-order valence-corrected chi connectivity index (χ3v) is 4.77. The Labute approximate surface area is 126 Å². The lowest BCUT2D eigenvalue weighted by molar-refractivity contribution is -0.137. The van der Waals surface area contributed by atoms with Crippen LogP contribution in [0, 0.1) is 0 Å². The van der Waals surface area contributed by atoms with E-state index in [0.29, 0.717) is 12.5 Å². The molecule has 0 aliphatic carbocycles. The molecule has 3 rings (SSSR count). The highest BCUT2D eigenvalue weighted by Crippen LogP contribution is 2.24. The number of rotatable bonds is 2. The first-order valence-corrected chi connectivity index (χ1v) is 7.95. The molecule has 2 fully saturated rings.